The largest absolute Gasteiger partial charge is 0.388 e. The molecule has 6 heteroatoms. The maximum absolute atomic E-state index is 5.63. The summed E-state index contributed by atoms with van der Waals surface area (Å²) in [5, 5.41) is 4.31. The second-order valence-corrected chi connectivity index (χ2v) is 5.33. The quantitative estimate of drug-likeness (QED) is 0.822. The van der Waals surface area contributed by atoms with Crippen LogP contribution in [0, 0.1) is 0 Å². The van der Waals surface area contributed by atoms with E-state index in [4.69, 9.17) is 18.0 Å². The smallest absolute Gasteiger partial charge is 0.124 e. The summed E-state index contributed by atoms with van der Waals surface area (Å²) in [7, 11) is 0. The average Bonchev–Trinajstić information content (AvgIpc) is 2.84. The molecule has 0 atom stereocenters. The molecular formula is C12H14N4S2. The van der Waals surface area contributed by atoms with E-state index >= 15 is 0 Å². The lowest BCUT2D eigenvalue weighted by Gasteiger charge is -2.08. The molecule has 0 amide bonds. The van der Waals surface area contributed by atoms with Gasteiger partial charge in [-0.2, -0.15) is 0 Å². The minimum atomic E-state index is 0.298. The molecule has 0 saturated heterocycles. The van der Waals surface area contributed by atoms with Gasteiger partial charge >= 0.3 is 0 Å². The highest BCUT2D eigenvalue weighted by atomic mass is 32.1. The zero-order chi connectivity index (χ0) is 13.0. The van der Waals surface area contributed by atoms with Crippen molar-refractivity contribution in [3.63, 3.8) is 0 Å². The number of hydrogen-bond donors (Lipinski definition) is 2. The van der Waals surface area contributed by atoms with Crippen molar-refractivity contribution in [3.8, 4) is 0 Å². The highest BCUT2D eigenvalue weighted by Gasteiger charge is 2.06. The van der Waals surface area contributed by atoms with Crippen LogP contribution < -0.4 is 11.1 Å². The first-order valence-corrected chi connectivity index (χ1v) is 6.85. The van der Waals surface area contributed by atoms with Crippen molar-refractivity contribution in [2.45, 2.75) is 19.9 Å². The molecule has 18 heavy (non-hydrogen) atoms. The second-order valence-electron chi connectivity index (χ2n) is 3.69. The Hall–Kier alpha value is -1.53. The summed E-state index contributed by atoms with van der Waals surface area (Å²) in [6.45, 7) is 2.78. The number of nitrogens with one attached hydrogen (secondary N) is 1. The van der Waals surface area contributed by atoms with Gasteiger partial charge in [0.1, 0.15) is 15.7 Å². The van der Waals surface area contributed by atoms with Gasteiger partial charge in [0.15, 0.2) is 0 Å². The van der Waals surface area contributed by atoms with E-state index in [0.717, 1.165) is 17.1 Å². The first-order chi connectivity index (χ1) is 8.70. The van der Waals surface area contributed by atoms with Gasteiger partial charge in [-0.1, -0.05) is 19.1 Å². The first-order valence-electron chi connectivity index (χ1n) is 5.63. The number of hydrogen-bond acceptors (Lipinski definition) is 5. The van der Waals surface area contributed by atoms with Crippen LogP contribution in [0.3, 0.4) is 0 Å². The van der Waals surface area contributed by atoms with Crippen molar-refractivity contribution in [1.29, 1.82) is 0 Å². The van der Waals surface area contributed by atoms with Crippen LogP contribution in [0.15, 0.2) is 24.5 Å². The van der Waals surface area contributed by atoms with Gasteiger partial charge in [0, 0.05) is 17.3 Å². The fourth-order valence-corrected chi connectivity index (χ4v) is 2.47. The fraction of sp³-hybridized carbons (Fsp3) is 0.250. The van der Waals surface area contributed by atoms with E-state index < -0.39 is 0 Å². The summed E-state index contributed by atoms with van der Waals surface area (Å²) in [6, 6.07) is 3.76. The summed E-state index contributed by atoms with van der Waals surface area (Å²) in [5.74, 6) is 0. The van der Waals surface area contributed by atoms with Crippen LogP contribution in [0.5, 0.6) is 0 Å². The number of pyridine rings is 1. The van der Waals surface area contributed by atoms with Gasteiger partial charge in [0.05, 0.1) is 12.2 Å². The molecule has 0 spiro atoms. The Labute approximate surface area is 115 Å². The standard InChI is InChI=1S/C12H14N4S2/c1-2-8-6-16-10(18-8)7-15-9-4-3-5-14-11(9)12(13)17/h3-6,15H,2,7H2,1H3,(H2,13,17). The molecule has 0 aliphatic rings. The summed E-state index contributed by atoms with van der Waals surface area (Å²) in [5.41, 5.74) is 7.10. The topological polar surface area (TPSA) is 63.8 Å². The van der Waals surface area contributed by atoms with E-state index in [1.54, 1.807) is 17.5 Å². The van der Waals surface area contributed by atoms with E-state index in [9.17, 15) is 0 Å². The normalized spacial score (nSPS) is 10.3. The lowest BCUT2D eigenvalue weighted by Crippen LogP contribution is -2.15. The average molecular weight is 278 g/mol. The minimum absolute atomic E-state index is 0.298. The highest BCUT2D eigenvalue weighted by Crippen LogP contribution is 2.17. The van der Waals surface area contributed by atoms with Crippen molar-refractivity contribution < 1.29 is 0 Å². The van der Waals surface area contributed by atoms with E-state index in [-0.39, 0.29) is 0 Å². The number of thiazole rings is 1. The van der Waals surface area contributed by atoms with Crippen LogP contribution in [0.1, 0.15) is 22.5 Å². The van der Waals surface area contributed by atoms with Crippen LogP contribution >= 0.6 is 23.6 Å². The Kier molecular flexibility index (Phi) is 4.22. The number of nitrogens with zero attached hydrogens (tertiary/aromatic N) is 2. The number of nitrogens with two attached hydrogens (primary N) is 1. The molecule has 0 aromatic carbocycles. The number of anilines is 1. The van der Waals surface area contributed by atoms with Gasteiger partial charge in [-0.05, 0) is 18.6 Å². The van der Waals surface area contributed by atoms with Gasteiger partial charge in [-0.25, -0.2) is 4.98 Å². The van der Waals surface area contributed by atoms with Gasteiger partial charge in [0.25, 0.3) is 0 Å². The van der Waals surface area contributed by atoms with E-state index in [2.05, 4.69) is 22.2 Å². The maximum Gasteiger partial charge on any atom is 0.124 e. The first kappa shape index (κ1) is 12.9. The molecule has 2 aromatic heterocycles. The van der Waals surface area contributed by atoms with Crippen molar-refractivity contribution in [2.24, 2.45) is 5.73 Å². The number of thiocarbonyl (C=S) groups is 1. The van der Waals surface area contributed by atoms with E-state index in [1.807, 2.05) is 18.3 Å². The second kappa shape index (κ2) is 5.88. The third-order valence-electron chi connectivity index (χ3n) is 2.42. The van der Waals surface area contributed by atoms with E-state index in [0.29, 0.717) is 17.2 Å². The van der Waals surface area contributed by atoms with Gasteiger partial charge in [-0.15, -0.1) is 11.3 Å². The van der Waals surface area contributed by atoms with Gasteiger partial charge in [0.2, 0.25) is 0 Å². The number of rotatable bonds is 5. The van der Waals surface area contributed by atoms with Crippen molar-refractivity contribution in [1.82, 2.24) is 9.97 Å². The van der Waals surface area contributed by atoms with Crippen molar-refractivity contribution in [3.05, 3.63) is 40.1 Å². The molecule has 0 bridgehead atoms. The minimum Gasteiger partial charge on any atom is -0.388 e. The zero-order valence-corrected chi connectivity index (χ0v) is 11.6. The molecule has 0 aliphatic heterocycles. The molecule has 94 valence electrons. The molecule has 0 saturated carbocycles. The van der Waals surface area contributed by atoms with Crippen LogP contribution in [0.2, 0.25) is 0 Å². The Bertz CT molecular complexity index is 551. The molecule has 2 heterocycles. The lowest BCUT2D eigenvalue weighted by molar-refractivity contribution is 1.09. The summed E-state index contributed by atoms with van der Waals surface area (Å²) in [6.07, 6.45) is 4.61. The van der Waals surface area contributed by atoms with Crippen LogP contribution in [0.4, 0.5) is 5.69 Å². The predicted molar refractivity (Wildman–Crippen MR) is 78.9 cm³/mol. The Morgan fingerprint density at radius 3 is 3.00 bits per heavy atom. The molecule has 4 nitrogen and oxygen atoms in total. The Balaban J connectivity index is 2.08. The monoisotopic (exact) mass is 278 g/mol. The molecule has 0 unspecified atom stereocenters. The molecule has 2 aromatic rings. The summed E-state index contributed by atoms with van der Waals surface area (Å²) < 4.78 is 0. The van der Waals surface area contributed by atoms with Gasteiger partial charge < -0.3 is 11.1 Å². The van der Waals surface area contributed by atoms with E-state index in [1.165, 1.54) is 4.88 Å². The van der Waals surface area contributed by atoms with Crippen LogP contribution in [-0.4, -0.2) is 15.0 Å². The molecule has 3 N–H and O–H groups in total. The lowest BCUT2D eigenvalue weighted by atomic mass is 10.3. The maximum atomic E-state index is 5.63. The van der Waals surface area contributed by atoms with Crippen molar-refractivity contribution in [2.75, 3.05) is 5.32 Å². The molecular weight excluding hydrogens is 264 g/mol. The molecule has 2 rings (SSSR count). The zero-order valence-electron chi connectivity index (χ0n) is 10.0. The number of aryl methyl sites for hydroxylation is 1. The molecule has 0 aliphatic carbocycles. The van der Waals surface area contributed by atoms with Crippen molar-refractivity contribution >= 4 is 34.2 Å². The Morgan fingerprint density at radius 1 is 1.50 bits per heavy atom. The number of aromatic nitrogens is 2. The highest BCUT2D eigenvalue weighted by molar-refractivity contribution is 7.80. The SMILES string of the molecule is CCc1cnc(CNc2cccnc2C(N)=S)s1. The fourth-order valence-electron chi connectivity index (χ4n) is 1.51. The Morgan fingerprint density at radius 2 is 2.33 bits per heavy atom. The van der Waals surface area contributed by atoms with Crippen LogP contribution in [0.25, 0.3) is 0 Å². The summed E-state index contributed by atoms with van der Waals surface area (Å²) in [4.78, 5) is 10.1. The molecule has 0 radical (unpaired) electrons. The molecule has 0 fully saturated rings. The third kappa shape index (κ3) is 3.02. The van der Waals surface area contributed by atoms with Crippen LogP contribution in [-0.2, 0) is 13.0 Å². The third-order valence-corrected chi connectivity index (χ3v) is 3.76. The summed E-state index contributed by atoms with van der Waals surface area (Å²) >= 11 is 6.67. The van der Waals surface area contributed by atoms with Gasteiger partial charge in [-0.3, -0.25) is 4.98 Å². The predicted octanol–water partition coefficient (Wildman–Crippen LogP) is 2.35.